The summed E-state index contributed by atoms with van der Waals surface area (Å²) in [6.07, 6.45) is 2.51. The van der Waals surface area contributed by atoms with Crippen LogP contribution in [-0.2, 0) is 19.3 Å². The van der Waals surface area contributed by atoms with E-state index < -0.39 is 0 Å². The number of rotatable bonds is 6. The van der Waals surface area contributed by atoms with Crippen molar-refractivity contribution in [1.29, 1.82) is 0 Å². The maximum atomic E-state index is 12.6. The van der Waals surface area contributed by atoms with E-state index in [-0.39, 0.29) is 5.91 Å². The summed E-state index contributed by atoms with van der Waals surface area (Å²) in [7, 11) is 3.13. The highest BCUT2D eigenvalue weighted by atomic mass is 16.5. The molecule has 0 saturated carbocycles. The average Bonchev–Trinajstić information content (AvgIpc) is 3.35. The van der Waals surface area contributed by atoms with Crippen molar-refractivity contribution in [3.8, 4) is 23.0 Å². The van der Waals surface area contributed by atoms with Gasteiger partial charge in [-0.15, -0.1) is 0 Å². The minimum absolute atomic E-state index is 0.159. The number of carbonyl (C=O) groups is 1. The predicted molar refractivity (Wildman–Crippen MR) is 100 cm³/mol. The van der Waals surface area contributed by atoms with Crippen molar-refractivity contribution in [2.75, 3.05) is 34.0 Å². The van der Waals surface area contributed by atoms with Gasteiger partial charge in [0.15, 0.2) is 0 Å². The van der Waals surface area contributed by atoms with E-state index in [1.165, 1.54) is 16.7 Å². The first-order valence-corrected chi connectivity index (χ1v) is 9.14. The number of hydrogen-bond donors (Lipinski definition) is 1. The molecule has 0 aliphatic carbocycles. The van der Waals surface area contributed by atoms with Crippen LogP contribution in [0.5, 0.6) is 23.0 Å². The van der Waals surface area contributed by atoms with Crippen LogP contribution in [0.15, 0.2) is 24.3 Å². The Balaban J connectivity index is 1.47. The van der Waals surface area contributed by atoms with Gasteiger partial charge in [-0.3, -0.25) is 4.79 Å². The lowest BCUT2D eigenvalue weighted by molar-refractivity contribution is 0.0953. The van der Waals surface area contributed by atoms with Crippen molar-refractivity contribution < 1.29 is 23.7 Å². The number of ether oxygens (including phenoxy) is 4. The first-order valence-electron chi connectivity index (χ1n) is 9.14. The van der Waals surface area contributed by atoms with E-state index in [9.17, 15) is 4.79 Å². The zero-order valence-electron chi connectivity index (χ0n) is 15.6. The summed E-state index contributed by atoms with van der Waals surface area (Å²) in [4.78, 5) is 12.6. The lowest BCUT2D eigenvalue weighted by Crippen LogP contribution is -2.26. The van der Waals surface area contributed by atoms with Crippen LogP contribution in [0.1, 0.15) is 27.0 Å². The summed E-state index contributed by atoms with van der Waals surface area (Å²) in [6, 6.07) is 7.25. The molecule has 142 valence electrons. The molecule has 1 amide bonds. The van der Waals surface area contributed by atoms with Gasteiger partial charge < -0.3 is 24.3 Å². The van der Waals surface area contributed by atoms with Gasteiger partial charge in [0.2, 0.25) is 0 Å². The molecule has 0 spiro atoms. The lowest BCUT2D eigenvalue weighted by atomic mass is 9.97. The van der Waals surface area contributed by atoms with Crippen molar-refractivity contribution in [1.82, 2.24) is 5.32 Å². The highest BCUT2D eigenvalue weighted by molar-refractivity contribution is 5.95. The van der Waals surface area contributed by atoms with Crippen molar-refractivity contribution in [3.05, 3.63) is 46.5 Å². The van der Waals surface area contributed by atoms with E-state index in [0.717, 1.165) is 24.3 Å². The molecule has 0 aromatic heterocycles. The Hall–Kier alpha value is -2.89. The molecule has 0 radical (unpaired) electrons. The van der Waals surface area contributed by atoms with Gasteiger partial charge in [0, 0.05) is 47.7 Å². The predicted octanol–water partition coefficient (Wildman–Crippen LogP) is 2.55. The summed E-state index contributed by atoms with van der Waals surface area (Å²) < 4.78 is 22.1. The molecule has 4 rings (SSSR count). The van der Waals surface area contributed by atoms with Gasteiger partial charge in [-0.1, -0.05) is 0 Å². The third-order valence-electron chi connectivity index (χ3n) is 5.03. The SMILES string of the molecule is COc1cc(OC)cc(C(=O)NCCc2c3c(cc4c2OCC4)OCC3)c1. The fourth-order valence-corrected chi connectivity index (χ4v) is 3.69. The molecular weight excluding hydrogens is 346 g/mol. The van der Waals surface area contributed by atoms with Crippen LogP contribution in [0.25, 0.3) is 0 Å². The third-order valence-corrected chi connectivity index (χ3v) is 5.03. The fourth-order valence-electron chi connectivity index (χ4n) is 3.69. The second-order valence-corrected chi connectivity index (χ2v) is 6.62. The van der Waals surface area contributed by atoms with E-state index in [4.69, 9.17) is 18.9 Å². The van der Waals surface area contributed by atoms with Gasteiger partial charge in [0.1, 0.15) is 23.0 Å². The molecule has 6 nitrogen and oxygen atoms in total. The molecule has 2 aliphatic rings. The maximum Gasteiger partial charge on any atom is 0.251 e. The third kappa shape index (κ3) is 3.39. The number of benzene rings is 2. The van der Waals surface area contributed by atoms with Gasteiger partial charge in [-0.2, -0.15) is 0 Å². The number of carbonyl (C=O) groups excluding carboxylic acids is 1. The molecule has 0 fully saturated rings. The largest absolute Gasteiger partial charge is 0.497 e. The quantitative estimate of drug-likeness (QED) is 0.848. The van der Waals surface area contributed by atoms with Crippen molar-refractivity contribution in [2.45, 2.75) is 19.3 Å². The number of fused-ring (bicyclic) bond motifs is 2. The zero-order valence-corrected chi connectivity index (χ0v) is 15.6. The minimum atomic E-state index is -0.159. The Morgan fingerprint density at radius 1 is 1.04 bits per heavy atom. The van der Waals surface area contributed by atoms with Crippen LogP contribution in [0.3, 0.4) is 0 Å². The smallest absolute Gasteiger partial charge is 0.251 e. The van der Waals surface area contributed by atoms with Gasteiger partial charge in [0.25, 0.3) is 5.91 Å². The molecule has 1 N–H and O–H groups in total. The van der Waals surface area contributed by atoms with Crippen LogP contribution in [0.4, 0.5) is 0 Å². The normalized spacial score (nSPS) is 14.0. The number of amides is 1. The lowest BCUT2D eigenvalue weighted by Gasteiger charge is -2.14. The maximum absolute atomic E-state index is 12.6. The summed E-state index contributed by atoms with van der Waals surface area (Å²) in [5, 5.41) is 2.99. The summed E-state index contributed by atoms with van der Waals surface area (Å²) >= 11 is 0. The molecule has 6 heteroatoms. The molecule has 2 aromatic carbocycles. The Labute approximate surface area is 158 Å². The topological polar surface area (TPSA) is 66.0 Å². The van der Waals surface area contributed by atoms with Crippen LogP contribution in [0, 0.1) is 0 Å². The van der Waals surface area contributed by atoms with Gasteiger partial charge in [-0.25, -0.2) is 0 Å². The van der Waals surface area contributed by atoms with Gasteiger partial charge in [-0.05, 0) is 24.6 Å². The summed E-state index contributed by atoms with van der Waals surface area (Å²) in [5.41, 5.74) is 4.10. The first-order chi connectivity index (χ1) is 13.2. The van der Waals surface area contributed by atoms with Crippen molar-refractivity contribution >= 4 is 5.91 Å². The molecule has 27 heavy (non-hydrogen) atoms. The van der Waals surface area contributed by atoms with Crippen molar-refractivity contribution in [3.63, 3.8) is 0 Å². The fraction of sp³-hybridized carbons (Fsp3) is 0.381. The van der Waals surface area contributed by atoms with Crippen molar-refractivity contribution in [2.24, 2.45) is 0 Å². The Bertz CT molecular complexity index is 823. The molecular formula is C21H23NO5. The molecule has 0 saturated heterocycles. The molecule has 0 bridgehead atoms. The van der Waals surface area contributed by atoms with Gasteiger partial charge in [0.05, 0.1) is 27.4 Å². The summed E-state index contributed by atoms with van der Waals surface area (Å²) in [6.45, 7) is 1.94. The molecule has 2 aromatic rings. The summed E-state index contributed by atoms with van der Waals surface area (Å²) in [5.74, 6) is 2.97. The zero-order chi connectivity index (χ0) is 18.8. The van der Waals surface area contributed by atoms with E-state index in [1.54, 1.807) is 32.4 Å². The monoisotopic (exact) mass is 369 g/mol. The van der Waals surface area contributed by atoms with Crippen LogP contribution >= 0.6 is 0 Å². The Kier molecular flexibility index (Phi) is 4.79. The Morgan fingerprint density at radius 3 is 2.52 bits per heavy atom. The Morgan fingerprint density at radius 2 is 1.78 bits per heavy atom. The number of nitrogens with one attached hydrogen (secondary N) is 1. The van der Waals surface area contributed by atoms with Crippen LogP contribution in [-0.4, -0.2) is 39.9 Å². The second-order valence-electron chi connectivity index (χ2n) is 6.62. The number of methoxy groups -OCH3 is 2. The highest BCUT2D eigenvalue weighted by Gasteiger charge is 2.26. The standard InChI is InChI=1S/C21H23NO5/c1-24-15-9-14(10-16(12-15)25-2)21(23)22-6-3-18-17-5-8-26-19(17)11-13-4-7-27-20(13)18/h9-12H,3-8H2,1-2H3,(H,22,23). The average molecular weight is 369 g/mol. The van der Waals surface area contributed by atoms with E-state index in [2.05, 4.69) is 11.4 Å². The van der Waals surface area contributed by atoms with Crippen LogP contribution < -0.4 is 24.3 Å². The van der Waals surface area contributed by atoms with Crippen LogP contribution in [0.2, 0.25) is 0 Å². The number of hydrogen-bond acceptors (Lipinski definition) is 5. The van der Waals surface area contributed by atoms with E-state index in [0.29, 0.717) is 43.2 Å². The minimum Gasteiger partial charge on any atom is -0.497 e. The van der Waals surface area contributed by atoms with Gasteiger partial charge >= 0.3 is 0 Å². The molecule has 2 aliphatic heterocycles. The first kappa shape index (κ1) is 17.5. The molecule has 2 heterocycles. The highest BCUT2D eigenvalue weighted by Crippen LogP contribution is 2.40. The molecule has 0 atom stereocenters. The van der Waals surface area contributed by atoms with E-state index >= 15 is 0 Å². The second kappa shape index (κ2) is 7.39. The van der Waals surface area contributed by atoms with E-state index in [1.807, 2.05) is 0 Å². The molecule has 0 unspecified atom stereocenters.